The Morgan fingerprint density at radius 3 is 2.71 bits per heavy atom. The number of aromatic amines is 1. The molecule has 2 N–H and O–H groups in total. The Hall–Kier alpha value is -2.01. The number of benzene rings is 1. The first-order valence-electron chi connectivity index (χ1n) is 7.93. The van der Waals surface area contributed by atoms with Gasteiger partial charge >= 0.3 is 0 Å². The Kier molecular flexibility index (Phi) is 4.08. The number of hydrogen-bond donors (Lipinski definition) is 2. The van der Waals surface area contributed by atoms with Crippen LogP contribution in [-0.2, 0) is 4.79 Å². The van der Waals surface area contributed by atoms with Crippen molar-refractivity contribution in [1.82, 2.24) is 9.97 Å². The average molecular weight is 348 g/mol. The van der Waals surface area contributed by atoms with Crippen LogP contribution in [-0.4, -0.2) is 23.0 Å². The van der Waals surface area contributed by atoms with Gasteiger partial charge in [0.05, 0.1) is 12.8 Å². The highest BCUT2D eigenvalue weighted by molar-refractivity contribution is 6.30. The third-order valence-corrected chi connectivity index (χ3v) is 5.10. The van der Waals surface area contributed by atoms with E-state index in [1.165, 1.54) is 6.92 Å². The first-order chi connectivity index (χ1) is 11.3. The highest BCUT2D eigenvalue weighted by Crippen LogP contribution is 2.71. The molecule has 1 heterocycles. The molecule has 128 valence electrons. The lowest BCUT2D eigenvalue weighted by Gasteiger charge is -2.10. The lowest BCUT2D eigenvalue weighted by atomic mass is 10.0. The minimum absolute atomic E-state index is 0.0331. The number of H-pyrrole nitrogens is 1. The predicted molar refractivity (Wildman–Crippen MR) is 94.9 cm³/mol. The zero-order chi connectivity index (χ0) is 17.6. The number of methoxy groups -OCH3 is 1. The number of amides is 1. The SMILES string of the molecule is COc1ccc(Cl)cc1[C@@H]1[C@@H](c2nc(NC(C)=O)[nH]c2C)C1(C)C. The lowest BCUT2D eigenvalue weighted by Crippen LogP contribution is -2.07. The molecule has 24 heavy (non-hydrogen) atoms. The number of anilines is 1. The van der Waals surface area contributed by atoms with E-state index >= 15 is 0 Å². The minimum Gasteiger partial charge on any atom is -0.496 e. The molecule has 1 amide bonds. The number of aryl methyl sites for hydroxylation is 1. The molecule has 0 radical (unpaired) electrons. The Balaban J connectivity index is 1.98. The Morgan fingerprint density at radius 1 is 1.38 bits per heavy atom. The molecular weight excluding hydrogens is 326 g/mol. The Bertz CT molecular complexity index is 798. The van der Waals surface area contributed by atoms with Crippen molar-refractivity contribution in [1.29, 1.82) is 0 Å². The van der Waals surface area contributed by atoms with Gasteiger partial charge in [0.1, 0.15) is 5.75 Å². The summed E-state index contributed by atoms with van der Waals surface area (Å²) in [6.07, 6.45) is 0. The molecule has 5 nitrogen and oxygen atoms in total. The third kappa shape index (κ3) is 2.77. The highest BCUT2D eigenvalue weighted by Gasteiger charge is 2.61. The predicted octanol–water partition coefficient (Wildman–Crippen LogP) is 4.25. The summed E-state index contributed by atoms with van der Waals surface area (Å²) in [6, 6.07) is 5.72. The second-order valence-corrected chi connectivity index (χ2v) is 7.38. The molecule has 0 spiro atoms. The third-order valence-electron chi connectivity index (χ3n) is 4.87. The minimum atomic E-state index is -0.140. The summed E-state index contributed by atoms with van der Waals surface area (Å²) in [5, 5.41) is 3.41. The number of nitrogens with zero attached hydrogens (tertiary/aromatic N) is 1. The standard InChI is InChI=1S/C18H22ClN3O2/c1-9-16(22-17(20-9)21-10(2)23)15-14(18(15,3)4)12-8-11(19)6-7-13(12)24-5/h6-8,14-15H,1-5H3,(H2,20,21,22,23)/t14-,15+/m1/s1. The number of nitrogens with one attached hydrogen (secondary N) is 2. The van der Waals surface area contributed by atoms with Gasteiger partial charge in [0.2, 0.25) is 11.9 Å². The van der Waals surface area contributed by atoms with Gasteiger partial charge in [-0.1, -0.05) is 25.4 Å². The number of carbonyl (C=O) groups is 1. The van der Waals surface area contributed by atoms with Crippen LogP contribution in [0.4, 0.5) is 5.95 Å². The van der Waals surface area contributed by atoms with E-state index in [1.807, 2.05) is 25.1 Å². The van der Waals surface area contributed by atoms with Crippen LogP contribution in [0.15, 0.2) is 18.2 Å². The molecule has 1 fully saturated rings. The average Bonchev–Trinajstić information content (AvgIpc) is 2.86. The van der Waals surface area contributed by atoms with Gasteiger partial charge in [-0.3, -0.25) is 10.1 Å². The quantitative estimate of drug-likeness (QED) is 0.869. The molecule has 1 aromatic heterocycles. The molecule has 3 rings (SSSR count). The zero-order valence-electron chi connectivity index (χ0n) is 14.5. The molecule has 6 heteroatoms. The second kappa shape index (κ2) is 5.81. The number of ether oxygens (including phenoxy) is 1. The van der Waals surface area contributed by atoms with Gasteiger partial charge in [-0.25, -0.2) is 4.98 Å². The van der Waals surface area contributed by atoms with Gasteiger partial charge in [0, 0.05) is 29.5 Å². The molecule has 0 saturated heterocycles. The summed E-state index contributed by atoms with van der Waals surface area (Å²) in [5.74, 6) is 1.70. The van der Waals surface area contributed by atoms with Crippen LogP contribution in [0.5, 0.6) is 5.75 Å². The summed E-state index contributed by atoms with van der Waals surface area (Å²) in [7, 11) is 1.67. The van der Waals surface area contributed by atoms with Crippen molar-refractivity contribution in [2.24, 2.45) is 5.41 Å². The van der Waals surface area contributed by atoms with Crippen LogP contribution in [0.1, 0.15) is 49.6 Å². The van der Waals surface area contributed by atoms with Crippen LogP contribution in [0.3, 0.4) is 0 Å². The van der Waals surface area contributed by atoms with Gasteiger partial charge in [-0.2, -0.15) is 0 Å². The number of carbonyl (C=O) groups excluding carboxylic acids is 1. The molecule has 0 unspecified atom stereocenters. The zero-order valence-corrected chi connectivity index (χ0v) is 15.3. The number of rotatable bonds is 4. The van der Waals surface area contributed by atoms with E-state index in [2.05, 4.69) is 29.1 Å². The van der Waals surface area contributed by atoms with E-state index in [1.54, 1.807) is 7.11 Å². The molecular formula is C18H22ClN3O2. The molecule has 1 aromatic carbocycles. The number of aromatic nitrogens is 2. The van der Waals surface area contributed by atoms with Gasteiger partial charge < -0.3 is 9.72 Å². The highest BCUT2D eigenvalue weighted by atomic mass is 35.5. The topological polar surface area (TPSA) is 67.0 Å². The van der Waals surface area contributed by atoms with Gasteiger partial charge in [-0.05, 0) is 36.1 Å². The van der Waals surface area contributed by atoms with Gasteiger partial charge in [0.15, 0.2) is 0 Å². The summed E-state index contributed by atoms with van der Waals surface area (Å²) in [5.41, 5.74) is 3.09. The van der Waals surface area contributed by atoms with Crippen molar-refractivity contribution < 1.29 is 9.53 Å². The maximum absolute atomic E-state index is 11.3. The van der Waals surface area contributed by atoms with Crippen LogP contribution in [0.2, 0.25) is 5.02 Å². The van der Waals surface area contributed by atoms with Crippen molar-refractivity contribution in [3.63, 3.8) is 0 Å². The van der Waals surface area contributed by atoms with Crippen LogP contribution < -0.4 is 10.1 Å². The van der Waals surface area contributed by atoms with Crippen LogP contribution in [0, 0.1) is 12.3 Å². The molecule has 1 aliphatic rings. The van der Waals surface area contributed by atoms with Crippen LogP contribution in [0.25, 0.3) is 0 Å². The summed E-state index contributed by atoms with van der Waals surface area (Å²) >= 11 is 6.20. The van der Waals surface area contributed by atoms with Crippen molar-refractivity contribution in [2.75, 3.05) is 12.4 Å². The van der Waals surface area contributed by atoms with Crippen molar-refractivity contribution in [3.05, 3.63) is 40.2 Å². The Morgan fingerprint density at radius 2 is 2.08 bits per heavy atom. The molecule has 1 aliphatic carbocycles. The maximum atomic E-state index is 11.3. The number of halogens is 1. The monoisotopic (exact) mass is 347 g/mol. The molecule has 2 atom stereocenters. The summed E-state index contributed by atoms with van der Waals surface area (Å²) in [6.45, 7) is 7.89. The Labute approximate surface area is 146 Å². The van der Waals surface area contributed by atoms with E-state index < -0.39 is 0 Å². The van der Waals surface area contributed by atoms with E-state index in [0.717, 1.165) is 22.7 Å². The van der Waals surface area contributed by atoms with Crippen molar-refractivity contribution in [3.8, 4) is 5.75 Å². The van der Waals surface area contributed by atoms with E-state index in [4.69, 9.17) is 16.3 Å². The fraction of sp³-hybridized carbons (Fsp3) is 0.444. The lowest BCUT2D eigenvalue weighted by molar-refractivity contribution is -0.114. The summed E-state index contributed by atoms with van der Waals surface area (Å²) in [4.78, 5) is 19.0. The van der Waals surface area contributed by atoms with Gasteiger partial charge in [-0.15, -0.1) is 0 Å². The molecule has 1 saturated carbocycles. The summed E-state index contributed by atoms with van der Waals surface area (Å²) < 4.78 is 5.52. The molecule has 2 aromatic rings. The molecule has 0 bridgehead atoms. The number of imidazole rings is 1. The molecule has 0 aliphatic heterocycles. The fourth-order valence-electron chi connectivity index (χ4n) is 3.68. The van der Waals surface area contributed by atoms with E-state index in [9.17, 15) is 4.79 Å². The largest absolute Gasteiger partial charge is 0.496 e. The first-order valence-corrected chi connectivity index (χ1v) is 8.31. The van der Waals surface area contributed by atoms with Crippen LogP contribution >= 0.6 is 11.6 Å². The smallest absolute Gasteiger partial charge is 0.223 e. The van der Waals surface area contributed by atoms with Crippen molar-refractivity contribution >= 4 is 23.5 Å². The maximum Gasteiger partial charge on any atom is 0.223 e. The normalized spacial score (nSPS) is 21.4. The fourth-order valence-corrected chi connectivity index (χ4v) is 3.86. The van der Waals surface area contributed by atoms with Gasteiger partial charge in [0.25, 0.3) is 0 Å². The first kappa shape index (κ1) is 16.8. The van der Waals surface area contributed by atoms with E-state index in [0.29, 0.717) is 11.0 Å². The van der Waals surface area contributed by atoms with Crippen molar-refractivity contribution in [2.45, 2.75) is 39.5 Å². The number of hydrogen-bond acceptors (Lipinski definition) is 3. The van der Waals surface area contributed by atoms with E-state index in [-0.39, 0.29) is 23.2 Å². The second-order valence-electron chi connectivity index (χ2n) is 6.94.